The van der Waals surface area contributed by atoms with Crippen molar-refractivity contribution in [2.45, 2.75) is 38.8 Å². The van der Waals surface area contributed by atoms with Gasteiger partial charge < -0.3 is 19.7 Å². The van der Waals surface area contributed by atoms with Gasteiger partial charge in [-0.05, 0) is 49.8 Å². The van der Waals surface area contributed by atoms with Crippen molar-refractivity contribution in [2.24, 2.45) is 0 Å². The molecule has 0 aliphatic carbocycles. The second kappa shape index (κ2) is 10.7. The molecule has 1 aromatic carbocycles. The molecule has 0 aromatic heterocycles. The van der Waals surface area contributed by atoms with Crippen LogP contribution in [0, 0.1) is 0 Å². The largest absolute Gasteiger partial charge is 0.465 e. The number of thiocarbonyl (C=S) groups is 1. The third-order valence-corrected chi connectivity index (χ3v) is 4.98. The Kier molecular flexibility index (Phi) is 8.28. The summed E-state index contributed by atoms with van der Waals surface area (Å²) in [5, 5.41) is 5.30. The molecule has 2 unspecified atom stereocenters. The van der Waals surface area contributed by atoms with E-state index in [1.807, 2.05) is 6.92 Å². The number of esters is 2. The highest BCUT2D eigenvalue weighted by atomic mass is 32.1. The van der Waals surface area contributed by atoms with Gasteiger partial charge in [-0.2, -0.15) is 0 Å². The van der Waals surface area contributed by atoms with Gasteiger partial charge in [0, 0.05) is 18.7 Å². The van der Waals surface area contributed by atoms with E-state index in [4.69, 9.17) is 17.0 Å². The summed E-state index contributed by atoms with van der Waals surface area (Å²) < 4.78 is 9.88. The molecule has 0 bridgehead atoms. The van der Waals surface area contributed by atoms with Gasteiger partial charge in [0.15, 0.2) is 5.11 Å². The lowest BCUT2D eigenvalue weighted by Crippen LogP contribution is -2.60. The maximum atomic E-state index is 12.5. The number of nitrogens with zero attached hydrogens (tertiary/aromatic N) is 1. The molecule has 0 spiro atoms. The lowest BCUT2D eigenvalue weighted by Gasteiger charge is -2.36. The maximum absolute atomic E-state index is 12.5. The molecule has 1 heterocycles. The quantitative estimate of drug-likeness (QED) is 0.503. The lowest BCUT2D eigenvalue weighted by molar-refractivity contribution is -0.151. The first-order chi connectivity index (χ1) is 14.3. The fourth-order valence-electron chi connectivity index (χ4n) is 2.79. The number of methoxy groups -OCH3 is 1. The van der Waals surface area contributed by atoms with Crippen LogP contribution in [0.3, 0.4) is 0 Å². The minimum Gasteiger partial charge on any atom is -0.465 e. The topological polar surface area (TPSA) is 114 Å². The predicted octanol–water partition coefficient (Wildman–Crippen LogP) is 1.02. The number of piperazine rings is 1. The fourth-order valence-corrected chi connectivity index (χ4v) is 3.10. The summed E-state index contributed by atoms with van der Waals surface area (Å²) in [6, 6.07) is 4.99. The molecule has 1 aliphatic rings. The number of benzene rings is 1. The Balaban J connectivity index is 2.05. The molecule has 162 valence electrons. The number of hydrogen-bond donors (Lipinski definition) is 2. The normalized spacial score (nSPS) is 16.8. The molecule has 9 nitrogen and oxygen atoms in total. The summed E-state index contributed by atoms with van der Waals surface area (Å²) in [6.07, 6.45) is 0.229. The predicted molar refractivity (Wildman–Crippen MR) is 112 cm³/mol. The first-order valence-corrected chi connectivity index (χ1v) is 9.95. The average molecular weight is 436 g/mol. The Morgan fingerprint density at radius 3 is 2.50 bits per heavy atom. The zero-order valence-corrected chi connectivity index (χ0v) is 17.9. The number of hydrogen-bond acceptors (Lipinski definition) is 7. The van der Waals surface area contributed by atoms with Crippen LogP contribution in [0.15, 0.2) is 24.3 Å². The molecular formula is C20H25N3O6S. The lowest BCUT2D eigenvalue weighted by atomic mass is 10.1. The third kappa shape index (κ3) is 5.99. The molecule has 30 heavy (non-hydrogen) atoms. The van der Waals surface area contributed by atoms with Crippen molar-refractivity contribution >= 4 is 41.1 Å². The number of nitrogens with one attached hydrogen (secondary N) is 2. The summed E-state index contributed by atoms with van der Waals surface area (Å²) in [5.41, 5.74) is 0.586. The monoisotopic (exact) mass is 435 g/mol. The Morgan fingerprint density at radius 1 is 1.27 bits per heavy atom. The van der Waals surface area contributed by atoms with Gasteiger partial charge in [-0.25, -0.2) is 4.79 Å². The zero-order valence-electron chi connectivity index (χ0n) is 17.1. The van der Waals surface area contributed by atoms with E-state index in [1.165, 1.54) is 36.3 Å². The van der Waals surface area contributed by atoms with E-state index in [0.29, 0.717) is 25.1 Å². The molecule has 1 aromatic rings. The number of amides is 2. The van der Waals surface area contributed by atoms with Crippen molar-refractivity contribution in [1.82, 2.24) is 15.5 Å². The summed E-state index contributed by atoms with van der Waals surface area (Å²) >= 11 is 5.32. The third-order valence-electron chi connectivity index (χ3n) is 4.65. The molecule has 0 radical (unpaired) electrons. The van der Waals surface area contributed by atoms with E-state index in [9.17, 15) is 19.2 Å². The van der Waals surface area contributed by atoms with Crippen LogP contribution in [0.4, 0.5) is 0 Å². The molecule has 0 saturated carbocycles. The minimum absolute atomic E-state index is 0.0354. The minimum atomic E-state index is -0.871. The van der Waals surface area contributed by atoms with E-state index >= 15 is 0 Å². The smallest absolute Gasteiger partial charge is 0.337 e. The van der Waals surface area contributed by atoms with Gasteiger partial charge in [-0.1, -0.05) is 6.92 Å². The van der Waals surface area contributed by atoms with Crippen LogP contribution in [-0.4, -0.2) is 66.1 Å². The highest BCUT2D eigenvalue weighted by molar-refractivity contribution is 7.80. The highest BCUT2D eigenvalue weighted by Gasteiger charge is 2.34. The summed E-state index contributed by atoms with van der Waals surface area (Å²) in [5.74, 6) is -1.88. The Morgan fingerprint density at radius 2 is 1.90 bits per heavy atom. The zero-order chi connectivity index (χ0) is 22.3. The van der Waals surface area contributed by atoms with Crippen molar-refractivity contribution < 1.29 is 28.7 Å². The van der Waals surface area contributed by atoms with Crippen LogP contribution in [0.5, 0.6) is 0 Å². The highest BCUT2D eigenvalue weighted by Crippen LogP contribution is 2.13. The molecule has 1 aliphatic heterocycles. The summed E-state index contributed by atoms with van der Waals surface area (Å²) in [7, 11) is 1.27. The second-order valence-electron chi connectivity index (χ2n) is 6.74. The van der Waals surface area contributed by atoms with Crippen LogP contribution in [0.1, 0.15) is 47.4 Å². The standard InChI is InChI=1S/C20H25N3O6S/c1-4-12(2)29-16(24)11-15-18(26)21-9-10-23(15)20(30)22-17(25)13-5-7-14(8-6-13)19(27)28-3/h5-8,12,15H,4,9-11H2,1-3H3,(H,21,26)(H,22,25,30). The van der Waals surface area contributed by atoms with Crippen molar-refractivity contribution in [1.29, 1.82) is 0 Å². The fraction of sp³-hybridized carbons (Fsp3) is 0.450. The first kappa shape index (κ1) is 23.3. The molecule has 1 saturated heterocycles. The van der Waals surface area contributed by atoms with Crippen molar-refractivity contribution in [2.75, 3.05) is 20.2 Å². The summed E-state index contributed by atoms with van der Waals surface area (Å²) in [6.45, 7) is 4.33. The van der Waals surface area contributed by atoms with Crippen LogP contribution >= 0.6 is 12.2 Å². The molecular weight excluding hydrogens is 410 g/mol. The van der Waals surface area contributed by atoms with Gasteiger partial charge in [0.25, 0.3) is 5.91 Å². The molecule has 2 atom stereocenters. The van der Waals surface area contributed by atoms with Crippen LogP contribution in [0.25, 0.3) is 0 Å². The van der Waals surface area contributed by atoms with Gasteiger partial charge in [-0.15, -0.1) is 0 Å². The van der Waals surface area contributed by atoms with Crippen molar-refractivity contribution in [3.8, 4) is 0 Å². The van der Waals surface area contributed by atoms with E-state index < -0.39 is 23.9 Å². The maximum Gasteiger partial charge on any atom is 0.337 e. The molecule has 2 rings (SSSR count). The van der Waals surface area contributed by atoms with E-state index in [-0.39, 0.29) is 29.1 Å². The molecule has 1 fully saturated rings. The molecule has 2 amide bonds. The number of ether oxygens (including phenoxy) is 2. The Labute approximate surface area is 180 Å². The second-order valence-corrected chi connectivity index (χ2v) is 7.13. The Hall–Kier alpha value is -3.01. The van der Waals surface area contributed by atoms with E-state index in [1.54, 1.807) is 6.92 Å². The number of carbonyl (C=O) groups is 4. The summed E-state index contributed by atoms with van der Waals surface area (Å²) in [4.78, 5) is 50.0. The van der Waals surface area contributed by atoms with Crippen LogP contribution < -0.4 is 10.6 Å². The molecule has 2 N–H and O–H groups in total. The number of rotatable bonds is 6. The number of carbonyl (C=O) groups excluding carboxylic acids is 4. The van der Waals surface area contributed by atoms with Gasteiger partial charge in [0.05, 0.1) is 25.2 Å². The average Bonchev–Trinajstić information content (AvgIpc) is 2.74. The first-order valence-electron chi connectivity index (χ1n) is 9.54. The molecule has 10 heteroatoms. The van der Waals surface area contributed by atoms with Gasteiger partial charge in [0.1, 0.15) is 6.04 Å². The SMILES string of the molecule is CCC(C)OC(=O)CC1C(=O)NCCN1C(=S)NC(=O)c1ccc(C(=O)OC)cc1. The Bertz CT molecular complexity index is 826. The van der Waals surface area contributed by atoms with Gasteiger partial charge in [0.2, 0.25) is 5.91 Å². The van der Waals surface area contributed by atoms with Crippen molar-refractivity contribution in [3.63, 3.8) is 0 Å². The van der Waals surface area contributed by atoms with Gasteiger partial charge >= 0.3 is 11.9 Å². The van der Waals surface area contributed by atoms with E-state index in [2.05, 4.69) is 15.4 Å². The van der Waals surface area contributed by atoms with Crippen LogP contribution in [0.2, 0.25) is 0 Å². The van der Waals surface area contributed by atoms with Gasteiger partial charge in [-0.3, -0.25) is 19.7 Å². The van der Waals surface area contributed by atoms with Crippen LogP contribution in [-0.2, 0) is 19.1 Å². The van der Waals surface area contributed by atoms with E-state index in [0.717, 1.165) is 0 Å². The van der Waals surface area contributed by atoms with Crippen molar-refractivity contribution in [3.05, 3.63) is 35.4 Å².